The van der Waals surface area contributed by atoms with Crippen molar-refractivity contribution >= 4 is 0 Å². The second-order valence-electron chi connectivity index (χ2n) is 4.45. The number of aliphatic hydroxyl groups excluding tert-OH is 2. The Morgan fingerprint density at radius 1 is 1.31 bits per heavy atom. The molecular weight excluding hydrogens is 164 g/mol. The molecule has 0 aromatic carbocycles. The molecule has 0 aromatic rings. The summed E-state index contributed by atoms with van der Waals surface area (Å²) in [6.07, 6.45) is 7.44. The van der Waals surface area contributed by atoms with Crippen LogP contribution in [-0.2, 0) is 0 Å². The molecule has 3 aliphatic carbocycles. The van der Waals surface area contributed by atoms with Gasteiger partial charge in [-0.15, -0.1) is 0 Å². The maximum atomic E-state index is 9.92. The highest BCUT2D eigenvalue weighted by molar-refractivity contribution is 5.30. The first kappa shape index (κ1) is 7.77. The summed E-state index contributed by atoms with van der Waals surface area (Å²) in [6.45, 7) is 0.0214. The molecule has 3 aliphatic rings. The van der Waals surface area contributed by atoms with Crippen LogP contribution < -0.4 is 0 Å². The fourth-order valence-electron chi connectivity index (χ4n) is 3.32. The average Bonchev–Trinajstić information content (AvgIpc) is 2.76. The van der Waals surface area contributed by atoms with Crippen LogP contribution in [0.2, 0.25) is 0 Å². The van der Waals surface area contributed by atoms with Gasteiger partial charge in [0.15, 0.2) is 0 Å². The van der Waals surface area contributed by atoms with Crippen molar-refractivity contribution in [3.8, 4) is 0 Å². The van der Waals surface area contributed by atoms with E-state index in [-0.39, 0.29) is 12.7 Å². The zero-order valence-corrected chi connectivity index (χ0v) is 7.43. The molecule has 1 fully saturated rings. The summed E-state index contributed by atoms with van der Waals surface area (Å²) >= 11 is 0. The third-order valence-electron chi connectivity index (χ3n) is 3.92. The molecule has 2 nitrogen and oxygen atoms in total. The molecule has 0 amide bonds. The minimum absolute atomic E-state index is 0.0214. The maximum absolute atomic E-state index is 9.92. The van der Waals surface area contributed by atoms with Crippen molar-refractivity contribution in [2.45, 2.75) is 12.5 Å². The van der Waals surface area contributed by atoms with Crippen molar-refractivity contribution < 1.29 is 10.2 Å². The lowest BCUT2D eigenvalue weighted by Gasteiger charge is -2.23. The van der Waals surface area contributed by atoms with E-state index < -0.39 is 0 Å². The Bertz CT molecular complexity index is 292. The summed E-state index contributed by atoms with van der Waals surface area (Å²) in [5.74, 6) is 2.07. The molecule has 0 saturated heterocycles. The molecule has 0 aliphatic heterocycles. The fourth-order valence-corrected chi connectivity index (χ4v) is 3.32. The summed E-state index contributed by atoms with van der Waals surface area (Å²) in [4.78, 5) is 0. The Hall–Kier alpha value is -0.600. The minimum Gasteiger partial charge on any atom is -0.392 e. The van der Waals surface area contributed by atoms with E-state index >= 15 is 0 Å². The summed E-state index contributed by atoms with van der Waals surface area (Å²) in [5, 5.41) is 19.0. The summed E-state index contributed by atoms with van der Waals surface area (Å²) in [5.41, 5.74) is 0.841. The zero-order valence-electron chi connectivity index (χ0n) is 7.43. The van der Waals surface area contributed by atoms with Crippen LogP contribution >= 0.6 is 0 Å². The highest BCUT2D eigenvalue weighted by Gasteiger charge is 2.50. The van der Waals surface area contributed by atoms with Crippen LogP contribution in [0.25, 0.3) is 0 Å². The van der Waals surface area contributed by atoms with Crippen LogP contribution in [0.5, 0.6) is 0 Å². The van der Waals surface area contributed by atoms with E-state index in [1.165, 1.54) is 6.42 Å². The van der Waals surface area contributed by atoms with E-state index in [9.17, 15) is 5.11 Å². The first-order valence-corrected chi connectivity index (χ1v) is 4.99. The Balaban J connectivity index is 1.95. The van der Waals surface area contributed by atoms with Crippen molar-refractivity contribution in [3.05, 3.63) is 23.8 Å². The Labute approximate surface area is 77.6 Å². The third kappa shape index (κ3) is 0.851. The maximum Gasteiger partial charge on any atom is 0.0811 e. The van der Waals surface area contributed by atoms with Crippen LogP contribution in [0, 0.1) is 23.7 Å². The molecule has 2 heteroatoms. The van der Waals surface area contributed by atoms with E-state index in [0.29, 0.717) is 23.7 Å². The van der Waals surface area contributed by atoms with Crippen molar-refractivity contribution in [3.63, 3.8) is 0 Å². The largest absolute Gasteiger partial charge is 0.392 e. The van der Waals surface area contributed by atoms with Gasteiger partial charge in [-0.2, -0.15) is 0 Å². The molecule has 0 aromatic heterocycles. The van der Waals surface area contributed by atoms with Gasteiger partial charge in [-0.05, 0) is 29.7 Å². The predicted octanol–water partition coefficient (Wildman–Crippen LogP) is 0.718. The monoisotopic (exact) mass is 178 g/mol. The van der Waals surface area contributed by atoms with Gasteiger partial charge in [0, 0.05) is 5.92 Å². The number of allylic oxidation sites excluding steroid dienone is 3. The lowest BCUT2D eigenvalue weighted by atomic mass is 9.84. The summed E-state index contributed by atoms with van der Waals surface area (Å²) in [6, 6.07) is 0. The van der Waals surface area contributed by atoms with Crippen LogP contribution in [-0.4, -0.2) is 22.9 Å². The smallest absolute Gasteiger partial charge is 0.0811 e. The lowest BCUT2D eigenvalue weighted by molar-refractivity contribution is 0.113. The summed E-state index contributed by atoms with van der Waals surface area (Å²) in [7, 11) is 0. The zero-order chi connectivity index (χ0) is 9.00. The van der Waals surface area contributed by atoms with E-state index in [0.717, 1.165) is 5.57 Å². The molecule has 0 heterocycles. The molecule has 2 bridgehead atoms. The number of hydrogen-bond acceptors (Lipinski definition) is 2. The molecule has 5 atom stereocenters. The van der Waals surface area contributed by atoms with E-state index in [1.54, 1.807) is 0 Å². The van der Waals surface area contributed by atoms with Gasteiger partial charge in [-0.1, -0.05) is 18.2 Å². The average molecular weight is 178 g/mol. The Morgan fingerprint density at radius 2 is 2.08 bits per heavy atom. The summed E-state index contributed by atoms with van der Waals surface area (Å²) < 4.78 is 0. The normalized spacial score (nSPS) is 51.2. The van der Waals surface area contributed by atoms with Gasteiger partial charge in [-0.3, -0.25) is 0 Å². The van der Waals surface area contributed by atoms with Gasteiger partial charge in [0.25, 0.3) is 0 Å². The van der Waals surface area contributed by atoms with E-state index in [1.807, 2.05) is 0 Å². The Morgan fingerprint density at radius 3 is 2.77 bits per heavy atom. The number of hydrogen-bond donors (Lipinski definition) is 2. The quantitative estimate of drug-likeness (QED) is 0.581. The van der Waals surface area contributed by atoms with Crippen LogP contribution in [0.1, 0.15) is 6.42 Å². The van der Waals surface area contributed by atoms with Crippen molar-refractivity contribution in [2.75, 3.05) is 6.61 Å². The van der Waals surface area contributed by atoms with Crippen molar-refractivity contribution in [1.29, 1.82) is 0 Å². The molecular formula is C11H14O2. The first-order chi connectivity index (χ1) is 6.31. The number of aliphatic hydroxyl groups is 2. The molecule has 1 saturated carbocycles. The van der Waals surface area contributed by atoms with E-state index in [4.69, 9.17) is 5.11 Å². The first-order valence-electron chi connectivity index (χ1n) is 4.99. The molecule has 70 valence electrons. The molecule has 1 unspecified atom stereocenters. The third-order valence-corrected chi connectivity index (χ3v) is 3.92. The molecule has 3 rings (SSSR count). The Kier molecular flexibility index (Phi) is 1.47. The molecule has 0 radical (unpaired) electrons. The number of rotatable bonds is 1. The van der Waals surface area contributed by atoms with Crippen molar-refractivity contribution in [1.82, 2.24) is 0 Å². The predicted molar refractivity (Wildman–Crippen MR) is 48.9 cm³/mol. The lowest BCUT2D eigenvalue weighted by Crippen LogP contribution is -2.26. The fraction of sp³-hybridized carbons (Fsp3) is 0.636. The minimum atomic E-state index is -0.380. The molecule has 2 N–H and O–H groups in total. The van der Waals surface area contributed by atoms with Gasteiger partial charge >= 0.3 is 0 Å². The highest BCUT2D eigenvalue weighted by Crippen LogP contribution is 2.54. The van der Waals surface area contributed by atoms with Crippen LogP contribution in [0.3, 0.4) is 0 Å². The molecule has 13 heavy (non-hydrogen) atoms. The van der Waals surface area contributed by atoms with Gasteiger partial charge in [0.05, 0.1) is 12.7 Å². The second-order valence-corrected chi connectivity index (χ2v) is 4.45. The van der Waals surface area contributed by atoms with E-state index in [2.05, 4.69) is 18.2 Å². The van der Waals surface area contributed by atoms with Gasteiger partial charge in [0.1, 0.15) is 0 Å². The molecule has 0 spiro atoms. The van der Waals surface area contributed by atoms with Gasteiger partial charge in [-0.25, -0.2) is 0 Å². The second kappa shape index (κ2) is 2.46. The van der Waals surface area contributed by atoms with Gasteiger partial charge < -0.3 is 10.2 Å². The van der Waals surface area contributed by atoms with Crippen LogP contribution in [0.15, 0.2) is 23.8 Å². The SMILES string of the molecule is OCC1=C[C@@H]2[C@H](C1O)[C@@H]1C=C[C@H]2C1. The highest BCUT2D eigenvalue weighted by atomic mass is 16.3. The standard InChI is InChI=1S/C11H14O2/c12-5-8-4-9-6-1-2-7(3-6)10(9)11(8)13/h1-2,4,6-7,9-13H,3,5H2/t6-,7+,9-,10+,11?/m0/s1. The van der Waals surface area contributed by atoms with Crippen LogP contribution in [0.4, 0.5) is 0 Å². The topological polar surface area (TPSA) is 40.5 Å². The number of fused-ring (bicyclic) bond motifs is 5. The van der Waals surface area contributed by atoms with Crippen molar-refractivity contribution in [2.24, 2.45) is 23.7 Å². The van der Waals surface area contributed by atoms with Gasteiger partial charge in [0.2, 0.25) is 0 Å².